The molecule has 0 unspecified atom stereocenters. The molecule has 1 saturated heterocycles. The number of β-lactam (4-membered cyclic amide) rings is 1. The first-order valence-corrected chi connectivity index (χ1v) is 13.8. The van der Waals surface area contributed by atoms with E-state index in [2.05, 4.69) is 20.4 Å². The number of amides is 2. The Morgan fingerprint density at radius 1 is 1.39 bits per heavy atom. The average molecular weight is 609 g/mol. The Balaban J connectivity index is 0.00000387. The fourth-order valence-corrected chi connectivity index (χ4v) is 6.12. The van der Waals surface area contributed by atoms with Gasteiger partial charge in [0.2, 0.25) is 6.33 Å². The maximum absolute atomic E-state index is 13.2. The van der Waals surface area contributed by atoms with Crippen LogP contribution in [0, 0.1) is 0 Å². The number of pyridine rings is 1. The van der Waals surface area contributed by atoms with Crippen molar-refractivity contribution in [2.75, 3.05) is 11.5 Å². The molecule has 0 spiro atoms. The number of aromatic nitrogens is 3. The minimum atomic E-state index is -1.87. The molecule has 0 saturated carbocycles. The Bertz CT molecular complexity index is 1620. The SMILES string of the molecule is CC(C)(O/N=C(\C(=O)N[C@@H]1C(=O)N2C(C(=O)O)=C(Cc3[nH]c[n+]4ccccc34)CS[C@H]12)c1csc(N)n1)C(=O)[O-].[Na+]. The fraction of sp³-hybridized carbons (Fsp3) is 0.292. The molecular weight excluding hydrogens is 585 g/mol. The van der Waals surface area contributed by atoms with Crippen molar-refractivity contribution in [1.82, 2.24) is 20.2 Å². The number of nitrogens with two attached hydrogens (primary N) is 1. The number of oxime groups is 1. The molecule has 2 atom stereocenters. The van der Waals surface area contributed by atoms with Crippen molar-refractivity contribution in [2.45, 2.75) is 37.3 Å². The van der Waals surface area contributed by atoms with Crippen LogP contribution in [0.4, 0.5) is 5.13 Å². The molecule has 2 aliphatic rings. The Hall–Kier alpha value is -3.44. The normalized spacial score (nSPS) is 18.8. The number of imidazole rings is 1. The van der Waals surface area contributed by atoms with Crippen molar-refractivity contribution in [1.29, 1.82) is 0 Å². The van der Waals surface area contributed by atoms with Crippen molar-refractivity contribution in [3.8, 4) is 0 Å². The number of thiazole rings is 1. The van der Waals surface area contributed by atoms with E-state index in [1.807, 2.05) is 28.8 Å². The third kappa shape index (κ3) is 5.83. The average Bonchev–Trinajstić information content (AvgIpc) is 3.53. The van der Waals surface area contributed by atoms with Gasteiger partial charge < -0.3 is 30.9 Å². The van der Waals surface area contributed by atoms with Gasteiger partial charge in [0.15, 0.2) is 27.7 Å². The second kappa shape index (κ2) is 11.8. The van der Waals surface area contributed by atoms with E-state index in [1.54, 1.807) is 6.33 Å². The molecule has 0 aromatic carbocycles. The third-order valence-electron chi connectivity index (χ3n) is 6.34. The number of nitrogens with one attached hydrogen (secondary N) is 2. The molecule has 17 heteroatoms. The van der Waals surface area contributed by atoms with Crippen molar-refractivity contribution < 1.29 is 68.2 Å². The summed E-state index contributed by atoms with van der Waals surface area (Å²) in [6, 6.07) is 4.58. The first kappa shape index (κ1) is 30.5. The number of hydrogen-bond acceptors (Lipinski definition) is 11. The molecule has 1 fully saturated rings. The number of rotatable bonds is 9. The predicted molar refractivity (Wildman–Crippen MR) is 141 cm³/mol. The number of nitrogen functional groups attached to an aromatic ring is 1. The van der Waals surface area contributed by atoms with E-state index in [1.165, 1.54) is 35.9 Å². The molecule has 41 heavy (non-hydrogen) atoms. The van der Waals surface area contributed by atoms with E-state index in [-0.39, 0.29) is 52.5 Å². The molecule has 3 aromatic rings. The number of H-pyrrole nitrogens is 1. The van der Waals surface area contributed by atoms with E-state index in [0.29, 0.717) is 11.3 Å². The van der Waals surface area contributed by atoms with Crippen molar-refractivity contribution in [3.05, 3.63) is 58.8 Å². The zero-order chi connectivity index (χ0) is 28.8. The quantitative estimate of drug-likeness (QED) is 0.0609. The van der Waals surface area contributed by atoms with Gasteiger partial charge in [0.05, 0.1) is 12.2 Å². The maximum Gasteiger partial charge on any atom is 1.00 e. The van der Waals surface area contributed by atoms with Gasteiger partial charge in [-0.2, -0.15) is 0 Å². The Kier molecular flexibility index (Phi) is 8.79. The molecule has 14 nitrogen and oxygen atoms in total. The second-order valence-corrected chi connectivity index (χ2v) is 11.4. The first-order chi connectivity index (χ1) is 19.0. The van der Waals surface area contributed by atoms with Gasteiger partial charge in [0.25, 0.3) is 11.8 Å². The molecule has 5 heterocycles. The van der Waals surface area contributed by atoms with E-state index >= 15 is 0 Å². The van der Waals surface area contributed by atoms with Gasteiger partial charge in [-0.25, -0.2) is 19.2 Å². The molecule has 3 aromatic heterocycles. The number of anilines is 1. The van der Waals surface area contributed by atoms with Crippen molar-refractivity contribution in [3.63, 3.8) is 0 Å². The summed E-state index contributed by atoms with van der Waals surface area (Å²) in [6.07, 6.45) is 3.91. The topological polar surface area (TPSA) is 207 Å². The fourth-order valence-electron chi connectivity index (χ4n) is 4.23. The molecule has 2 amide bonds. The van der Waals surface area contributed by atoms with Crippen LogP contribution in [0.15, 0.2) is 52.5 Å². The second-order valence-electron chi connectivity index (χ2n) is 9.44. The zero-order valence-electron chi connectivity index (χ0n) is 22.1. The molecule has 208 valence electrons. The number of carboxylic acids is 2. The number of hydrogen-bond donors (Lipinski definition) is 4. The van der Waals surface area contributed by atoms with Gasteiger partial charge in [-0.1, -0.05) is 11.2 Å². The van der Waals surface area contributed by atoms with Crippen LogP contribution in [-0.2, 0) is 30.4 Å². The summed E-state index contributed by atoms with van der Waals surface area (Å²) in [6.45, 7) is 2.38. The van der Waals surface area contributed by atoms with Crippen LogP contribution in [0.3, 0.4) is 0 Å². The van der Waals surface area contributed by atoms with Gasteiger partial charge in [-0.15, -0.1) is 23.1 Å². The number of carbonyl (C=O) groups is 4. The number of thioether (sulfide) groups is 1. The summed E-state index contributed by atoms with van der Waals surface area (Å²) in [5.41, 5.74) is 5.53. The predicted octanol–water partition coefficient (Wildman–Crippen LogP) is -3.97. The van der Waals surface area contributed by atoms with Gasteiger partial charge in [-0.05, 0) is 31.6 Å². The van der Waals surface area contributed by atoms with Crippen LogP contribution < -0.4 is 50.1 Å². The Morgan fingerprint density at radius 3 is 2.80 bits per heavy atom. The summed E-state index contributed by atoms with van der Waals surface area (Å²) in [5.74, 6) is -3.99. The number of carboxylic acid groups (broad SMARTS) is 2. The summed E-state index contributed by atoms with van der Waals surface area (Å²) in [4.78, 5) is 63.3. The molecular formula is C24H23N7NaO7S2+. The van der Waals surface area contributed by atoms with E-state index < -0.39 is 46.5 Å². The van der Waals surface area contributed by atoms with E-state index in [0.717, 1.165) is 22.5 Å². The Morgan fingerprint density at radius 2 is 2.15 bits per heavy atom. The standard InChI is InChI=1S/C24H23N7O7S2.Na/c1-24(2,22(36)37)38-29-15(13-9-40-23(25)27-13)18(32)28-16-19(33)31-17(21(34)35)11(8-39-20(16)31)7-12-14-5-3-4-6-30(14)10-26-12;/h3-6,9-10,16,20H,7-8H2,1-2H3,(H5,25,27,28,32,34,35,36,37);/q;+1/b29-15-;/t16-,20-;/m1./s1. The number of fused-ring (bicyclic) bond motifs is 2. The number of aliphatic carboxylic acids is 2. The minimum Gasteiger partial charge on any atom is -0.546 e. The molecule has 0 radical (unpaired) electrons. The smallest absolute Gasteiger partial charge is 0.546 e. The number of aromatic amines is 1. The Labute approximate surface area is 262 Å². The van der Waals surface area contributed by atoms with Crippen molar-refractivity contribution >= 4 is 63.2 Å². The van der Waals surface area contributed by atoms with Crippen LogP contribution in [0.25, 0.3) is 5.52 Å². The van der Waals surface area contributed by atoms with E-state index in [4.69, 9.17) is 10.6 Å². The first-order valence-electron chi connectivity index (χ1n) is 11.8. The molecule has 2 aliphatic heterocycles. The summed E-state index contributed by atoms with van der Waals surface area (Å²) < 4.78 is 1.88. The van der Waals surface area contributed by atoms with Gasteiger partial charge >= 0.3 is 35.5 Å². The van der Waals surface area contributed by atoms with Crippen molar-refractivity contribution in [2.24, 2.45) is 5.16 Å². The number of carbonyl (C=O) groups excluding carboxylic acids is 3. The van der Waals surface area contributed by atoms with Gasteiger partial charge in [-0.3, -0.25) is 14.5 Å². The largest absolute Gasteiger partial charge is 1.00 e. The van der Waals surface area contributed by atoms with Crippen LogP contribution in [0.2, 0.25) is 0 Å². The van der Waals surface area contributed by atoms with Crippen LogP contribution in [-0.4, -0.2) is 72.2 Å². The minimum absolute atomic E-state index is 0. The van der Waals surface area contributed by atoms with Crippen LogP contribution in [0.1, 0.15) is 25.2 Å². The molecule has 5 rings (SSSR count). The van der Waals surface area contributed by atoms with E-state index in [9.17, 15) is 29.4 Å². The van der Waals surface area contributed by atoms with Crippen LogP contribution in [0.5, 0.6) is 0 Å². The summed E-state index contributed by atoms with van der Waals surface area (Å²) in [7, 11) is 0. The molecule has 0 bridgehead atoms. The summed E-state index contributed by atoms with van der Waals surface area (Å²) in [5, 5.41) is 28.4. The third-order valence-corrected chi connectivity index (χ3v) is 8.35. The summed E-state index contributed by atoms with van der Waals surface area (Å²) >= 11 is 2.33. The van der Waals surface area contributed by atoms with Gasteiger partial charge in [0, 0.05) is 17.6 Å². The van der Waals surface area contributed by atoms with Gasteiger partial charge in [0.1, 0.15) is 22.8 Å². The number of nitrogens with zero attached hydrogens (tertiary/aromatic N) is 4. The molecule has 0 aliphatic carbocycles. The monoisotopic (exact) mass is 608 g/mol. The maximum atomic E-state index is 13.2. The zero-order valence-corrected chi connectivity index (χ0v) is 25.7. The van der Waals surface area contributed by atoms with Crippen LogP contribution >= 0.6 is 23.1 Å². The molecule has 5 N–H and O–H groups in total.